The van der Waals surface area contributed by atoms with Gasteiger partial charge in [0.1, 0.15) is 6.04 Å². The Labute approximate surface area is 131 Å². The summed E-state index contributed by atoms with van der Waals surface area (Å²) in [6.07, 6.45) is -0.672. The molecule has 8 heteroatoms. The topological polar surface area (TPSA) is 62.6 Å². The molecule has 0 radical (unpaired) electrons. The van der Waals surface area contributed by atoms with E-state index in [1.807, 2.05) is 0 Å². The third-order valence-corrected chi connectivity index (χ3v) is 3.95. The average Bonchev–Trinajstić information content (AvgIpc) is 2.97. The van der Waals surface area contributed by atoms with Crippen molar-refractivity contribution in [1.29, 1.82) is 0 Å². The van der Waals surface area contributed by atoms with Gasteiger partial charge in [-0.25, -0.2) is 0 Å². The quantitative estimate of drug-likeness (QED) is 0.920. The average molecular weight is 332 g/mol. The first-order valence-electron chi connectivity index (χ1n) is 7.41. The number of hydrogen-bond donors (Lipinski definition) is 1. The lowest BCUT2D eigenvalue weighted by Crippen LogP contribution is -2.57. The number of aryl methyl sites for hydroxylation is 1. The number of halogens is 3. The summed E-state index contributed by atoms with van der Waals surface area (Å²) in [4.78, 5) is 24.2. The summed E-state index contributed by atoms with van der Waals surface area (Å²) in [5.74, 6) is -0.880. The summed E-state index contributed by atoms with van der Waals surface area (Å²) in [6.45, 7) is 0.999. The van der Waals surface area contributed by atoms with Crippen molar-refractivity contribution < 1.29 is 27.2 Å². The van der Waals surface area contributed by atoms with Gasteiger partial charge in [-0.15, -0.1) is 0 Å². The second-order valence-corrected chi connectivity index (χ2v) is 5.70. The van der Waals surface area contributed by atoms with Crippen LogP contribution >= 0.6 is 0 Å². The maximum atomic E-state index is 12.9. The number of furan rings is 1. The van der Waals surface area contributed by atoms with Gasteiger partial charge >= 0.3 is 6.18 Å². The summed E-state index contributed by atoms with van der Waals surface area (Å²) in [7, 11) is 0. The Balaban J connectivity index is 1.87. The highest BCUT2D eigenvalue weighted by Gasteiger charge is 2.47. The smallest absolute Gasteiger partial charge is 0.408 e. The van der Waals surface area contributed by atoms with Crippen molar-refractivity contribution >= 4 is 11.8 Å². The molecule has 1 fully saturated rings. The summed E-state index contributed by atoms with van der Waals surface area (Å²) in [6, 6.07) is -0.465. The number of carbonyl (C=O) groups excluding carboxylic acids is 2. The third kappa shape index (κ3) is 4.74. The number of nitrogens with zero attached hydrogens (tertiary/aromatic N) is 1. The second kappa shape index (κ2) is 7.06. The first kappa shape index (κ1) is 17.4. The molecule has 1 N–H and O–H groups in total. The molecule has 2 heterocycles. The van der Waals surface area contributed by atoms with E-state index in [1.165, 1.54) is 6.26 Å². The number of likely N-dealkylation sites (tertiary alicyclic amines) is 1. The number of carbonyl (C=O) groups is 2. The molecule has 1 aromatic heterocycles. The van der Waals surface area contributed by atoms with E-state index in [4.69, 9.17) is 4.42 Å². The van der Waals surface area contributed by atoms with Gasteiger partial charge in [0.05, 0.1) is 12.5 Å². The fourth-order valence-corrected chi connectivity index (χ4v) is 2.77. The predicted molar refractivity (Wildman–Crippen MR) is 75.4 cm³/mol. The lowest BCUT2D eigenvalue weighted by atomic mass is 9.97. The lowest BCUT2D eigenvalue weighted by Gasteiger charge is -2.40. The Hall–Kier alpha value is -1.99. The number of hydrogen-bond acceptors (Lipinski definition) is 3. The molecule has 1 aliphatic heterocycles. The number of nitrogens with one attached hydrogen (secondary N) is 1. The van der Waals surface area contributed by atoms with Crippen molar-refractivity contribution in [2.45, 2.75) is 50.9 Å². The number of amides is 2. The largest absolute Gasteiger partial charge is 0.472 e. The Bertz CT molecular complexity index is 543. The number of piperidine rings is 1. The van der Waals surface area contributed by atoms with Crippen LogP contribution in [0.4, 0.5) is 13.2 Å². The molecule has 0 aromatic carbocycles. The zero-order chi connectivity index (χ0) is 17.0. The minimum Gasteiger partial charge on any atom is -0.472 e. The number of alkyl halides is 3. The minimum atomic E-state index is -4.44. The van der Waals surface area contributed by atoms with E-state index < -0.39 is 24.2 Å². The van der Waals surface area contributed by atoms with Gasteiger partial charge in [0.25, 0.3) is 0 Å². The molecular formula is C15H19F3N2O3. The standard InChI is InChI=1S/C15H19F3N2O3/c1-10(21)20-8-12(3-4-13(20)15(16,17)18)19-14(22)5-2-11-6-7-23-9-11/h6-7,9,12-13H,2-5,8H2,1H3,(H,19,22)/t12-,13+/m1/s1. The number of rotatable bonds is 4. The van der Waals surface area contributed by atoms with Gasteiger partial charge < -0.3 is 14.6 Å². The zero-order valence-electron chi connectivity index (χ0n) is 12.7. The second-order valence-electron chi connectivity index (χ2n) is 5.70. The van der Waals surface area contributed by atoms with Crippen LogP contribution in [-0.2, 0) is 16.0 Å². The highest BCUT2D eigenvalue weighted by molar-refractivity contribution is 5.77. The van der Waals surface area contributed by atoms with Crippen LogP contribution in [0, 0.1) is 0 Å². The monoisotopic (exact) mass is 332 g/mol. The molecule has 2 rings (SSSR count). The van der Waals surface area contributed by atoms with Crippen molar-refractivity contribution in [3.8, 4) is 0 Å². The molecule has 5 nitrogen and oxygen atoms in total. The van der Waals surface area contributed by atoms with Gasteiger partial charge in [-0.2, -0.15) is 13.2 Å². The van der Waals surface area contributed by atoms with Gasteiger partial charge in [-0.3, -0.25) is 9.59 Å². The zero-order valence-corrected chi connectivity index (χ0v) is 12.7. The van der Waals surface area contributed by atoms with Gasteiger partial charge in [0, 0.05) is 25.9 Å². The van der Waals surface area contributed by atoms with Crippen LogP contribution in [0.2, 0.25) is 0 Å². The van der Waals surface area contributed by atoms with Crippen molar-refractivity contribution in [2.75, 3.05) is 6.54 Å². The predicted octanol–water partition coefficient (Wildman–Crippen LogP) is 2.27. The van der Waals surface area contributed by atoms with Crippen LogP contribution in [-0.4, -0.2) is 41.5 Å². The summed E-state index contributed by atoms with van der Waals surface area (Å²) in [5, 5.41) is 2.71. The molecule has 1 saturated heterocycles. The Morgan fingerprint density at radius 1 is 1.39 bits per heavy atom. The van der Waals surface area contributed by atoms with Crippen molar-refractivity contribution in [3.05, 3.63) is 24.2 Å². The Morgan fingerprint density at radius 3 is 2.70 bits per heavy atom. The minimum absolute atomic E-state index is 0.114. The van der Waals surface area contributed by atoms with E-state index in [2.05, 4.69) is 5.32 Å². The van der Waals surface area contributed by atoms with Crippen LogP contribution < -0.4 is 5.32 Å². The lowest BCUT2D eigenvalue weighted by molar-refractivity contribution is -0.196. The maximum Gasteiger partial charge on any atom is 0.408 e. The van der Waals surface area contributed by atoms with Crippen molar-refractivity contribution in [1.82, 2.24) is 10.2 Å². The van der Waals surface area contributed by atoms with E-state index in [0.717, 1.165) is 17.4 Å². The van der Waals surface area contributed by atoms with Crippen LogP contribution in [0.25, 0.3) is 0 Å². The Kier molecular flexibility index (Phi) is 5.33. The SMILES string of the molecule is CC(=O)N1C[C@H](NC(=O)CCc2ccoc2)CC[C@H]1C(F)(F)F. The van der Waals surface area contributed by atoms with Crippen LogP contribution in [0.15, 0.2) is 23.0 Å². The van der Waals surface area contributed by atoms with Gasteiger partial charge in [-0.1, -0.05) is 0 Å². The maximum absolute atomic E-state index is 12.9. The van der Waals surface area contributed by atoms with Gasteiger partial charge in [-0.05, 0) is 30.9 Å². The highest BCUT2D eigenvalue weighted by atomic mass is 19.4. The molecule has 1 aromatic rings. The normalized spacial score (nSPS) is 22.0. The summed E-state index contributed by atoms with van der Waals surface area (Å²) < 4.78 is 43.7. The van der Waals surface area contributed by atoms with E-state index in [9.17, 15) is 22.8 Å². The molecule has 1 aliphatic rings. The third-order valence-electron chi connectivity index (χ3n) is 3.95. The van der Waals surface area contributed by atoms with Crippen LogP contribution in [0.5, 0.6) is 0 Å². The first-order chi connectivity index (χ1) is 10.8. The molecule has 0 bridgehead atoms. The fraction of sp³-hybridized carbons (Fsp3) is 0.600. The molecule has 2 atom stereocenters. The highest BCUT2D eigenvalue weighted by Crippen LogP contribution is 2.32. The molecule has 0 spiro atoms. The van der Waals surface area contributed by atoms with Crippen LogP contribution in [0.3, 0.4) is 0 Å². The molecule has 128 valence electrons. The van der Waals surface area contributed by atoms with Gasteiger partial charge in [0.15, 0.2) is 0 Å². The van der Waals surface area contributed by atoms with Crippen molar-refractivity contribution in [3.63, 3.8) is 0 Å². The van der Waals surface area contributed by atoms with E-state index >= 15 is 0 Å². The summed E-state index contributed by atoms with van der Waals surface area (Å²) in [5.41, 5.74) is 0.881. The molecule has 2 amide bonds. The van der Waals surface area contributed by atoms with E-state index in [0.29, 0.717) is 6.42 Å². The fourth-order valence-electron chi connectivity index (χ4n) is 2.77. The molecule has 23 heavy (non-hydrogen) atoms. The Morgan fingerprint density at radius 2 is 2.13 bits per heavy atom. The molecular weight excluding hydrogens is 313 g/mol. The molecule has 0 saturated carbocycles. The molecule has 0 aliphatic carbocycles. The van der Waals surface area contributed by atoms with E-state index in [-0.39, 0.29) is 31.7 Å². The summed E-state index contributed by atoms with van der Waals surface area (Å²) >= 11 is 0. The van der Waals surface area contributed by atoms with E-state index in [1.54, 1.807) is 12.3 Å². The van der Waals surface area contributed by atoms with Crippen molar-refractivity contribution in [2.24, 2.45) is 0 Å². The van der Waals surface area contributed by atoms with Gasteiger partial charge in [0.2, 0.25) is 11.8 Å². The van der Waals surface area contributed by atoms with Crippen LogP contribution in [0.1, 0.15) is 31.7 Å². The first-order valence-corrected chi connectivity index (χ1v) is 7.41. The molecule has 0 unspecified atom stereocenters.